The highest BCUT2D eigenvalue weighted by atomic mass is 31.2. The molecular formula is C73H142O17P2. The molecule has 3 N–H and O–H groups in total. The number of ether oxygens (including phenoxy) is 4. The van der Waals surface area contributed by atoms with Crippen LogP contribution < -0.4 is 0 Å². The Morgan fingerprint density at radius 1 is 0.304 bits per heavy atom. The van der Waals surface area contributed by atoms with Crippen LogP contribution in [-0.2, 0) is 65.4 Å². The Hall–Kier alpha value is -1.94. The Morgan fingerprint density at radius 3 is 0.772 bits per heavy atom. The molecule has 0 rings (SSSR count). The zero-order valence-electron chi connectivity index (χ0n) is 60.0. The van der Waals surface area contributed by atoms with Crippen molar-refractivity contribution >= 4 is 39.5 Å². The second kappa shape index (κ2) is 63.8. The highest BCUT2D eigenvalue weighted by Gasteiger charge is 2.30. The van der Waals surface area contributed by atoms with Crippen LogP contribution in [0.15, 0.2) is 0 Å². The first-order valence-corrected chi connectivity index (χ1v) is 41.0. The molecule has 546 valence electrons. The van der Waals surface area contributed by atoms with Gasteiger partial charge in [-0.1, -0.05) is 318 Å². The van der Waals surface area contributed by atoms with Crippen molar-refractivity contribution in [3.05, 3.63) is 0 Å². The van der Waals surface area contributed by atoms with Crippen LogP contribution in [0.25, 0.3) is 0 Å². The summed E-state index contributed by atoms with van der Waals surface area (Å²) in [6.45, 7) is 11.9. The van der Waals surface area contributed by atoms with Crippen LogP contribution in [0, 0.1) is 17.8 Å². The SMILES string of the molecule is CCCCCCCCCCCCCCC(=O)O[C@H](COC(=O)CCCCCCCCC(C)CC)COP(=O)(O)OC[C@H](O)COP(=O)(O)OC[C@@H](COC(=O)CCCCCCCCCCC(C)CC)OC(=O)CCCCCCCCCCCCCCCCC(C)CC. The molecule has 8 atom stereocenters. The van der Waals surface area contributed by atoms with Crippen LogP contribution in [0.4, 0.5) is 0 Å². The summed E-state index contributed by atoms with van der Waals surface area (Å²) in [6.07, 6.45) is 48.4. The van der Waals surface area contributed by atoms with Gasteiger partial charge < -0.3 is 33.8 Å². The summed E-state index contributed by atoms with van der Waals surface area (Å²) in [6, 6.07) is 0. The van der Waals surface area contributed by atoms with E-state index in [-0.39, 0.29) is 25.7 Å². The molecule has 0 fully saturated rings. The van der Waals surface area contributed by atoms with Gasteiger partial charge in [0.25, 0.3) is 0 Å². The van der Waals surface area contributed by atoms with Gasteiger partial charge in [0.2, 0.25) is 0 Å². The predicted octanol–water partition coefficient (Wildman–Crippen LogP) is 21.0. The lowest BCUT2D eigenvalue weighted by molar-refractivity contribution is -0.161. The fraction of sp³-hybridized carbons (Fsp3) is 0.945. The van der Waals surface area contributed by atoms with E-state index in [1.807, 2.05) is 0 Å². The molecule has 0 spiro atoms. The number of carbonyl (C=O) groups is 4. The van der Waals surface area contributed by atoms with E-state index < -0.39 is 97.5 Å². The normalized spacial score (nSPS) is 15.0. The molecule has 0 bridgehead atoms. The van der Waals surface area contributed by atoms with Gasteiger partial charge in [0.05, 0.1) is 26.4 Å². The third kappa shape index (κ3) is 62.8. The molecule has 5 unspecified atom stereocenters. The third-order valence-electron chi connectivity index (χ3n) is 18.0. The maximum absolute atomic E-state index is 13.1. The van der Waals surface area contributed by atoms with Crippen molar-refractivity contribution in [2.75, 3.05) is 39.6 Å². The summed E-state index contributed by atoms with van der Waals surface area (Å²) < 4.78 is 68.4. The van der Waals surface area contributed by atoms with E-state index >= 15 is 0 Å². The van der Waals surface area contributed by atoms with Crippen molar-refractivity contribution in [1.82, 2.24) is 0 Å². The topological polar surface area (TPSA) is 237 Å². The second-order valence-electron chi connectivity index (χ2n) is 27.1. The van der Waals surface area contributed by atoms with E-state index in [1.54, 1.807) is 0 Å². The highest BCUT2D eigenvalue weighted by molar-refractivity contribution is 7.47. The van der Waals surface area contributed by atoms with E-state index in [1.165, 1.54) is 173 Å². The summed E-state index contributed by atoms with van der Waals surface area (Å²) >= 11 is 0. The number of rotatable bonds is 71. The number of unbranched alkanes of at least 4 members (excludes halogenated alkanes) is 36. The lowest BCUT2D eigenvalue weighted by Crippen LogP contribution is -2.30. The molecule has 0 saturated carbocycles. The molecule has 0 aliphatic carbocycles. The van der Waals surface area contributed by atoms with Gasteiger partial charge in [-0.2, -0.15) is 0 Å². The monoisotopic (exact) mass is 1350 g/mol. The van der Waals surface area contributed by atoms with Gasteiger partial charge in [0, 0.05) is 25.7 Å². The van der Waals surface area contributed by atoms with Gasteiger partial charge in [-0.25, -0.2) is 9.13 Å². The largest absolute Gasteiger partial charge is 0.472 e. The van der Waals surface area contributed by atoms with Gasteiger partial charge in [-0.05, 0) is 43.4 Å². The number of carbonyl (C=O) groups excluding carboxylic acids is 4. The van der Waals surface area contributed by atoms with Crippen molar-refractivity contribution in [3.8, 4) is 0 Å². The van der Waals surface area contributed by atoms with Crippen molar-refractivity contribution in [3.63, 3.8) is 0 Å². The first-order chi connectivity index (χ1) is 44.3. The molecule has 0 amide bonds. The van der Waals surface area contributed by atoms with Crippen LogP contribution >= 0.6 is 15.6 Å². The number of aliphatic hydroxyl groups is 1. The Morgan fingerprint density at radius 2 is 0.522 bits per heavy atom. The predicted molar refractivity (Wildman–Crippen MR) is 372 cm³/mol. The maximum Gasteiger partial charge on any atom is 0.472 e. The number of aliphatic hydroxyl groups excluding tert-OH is 1. The van der Waals surface area contributed by atoms with Gasteiger partial charge >= 0.3 is 39.5 Å². The minimum Gasteiger partial charge on any atom is -0.462 e. The van der Waals surface area contributed by atoms with Gasteiger partial charge in [0.15, 0.2) is 12.2 Å². The van der Waals surface area contributed by atoms with Crippen LogP contribution in [-0.4, -0.2) is 96.7 Å². The molecule has 0 saturated heterocycles. The summed E-state index contributed by atoms with van der Waals surface area (Å²) in [4.78, 5) is 72.7. The molecule has 0 aliphatic rings. The average molecular weight is 1350 g/mol. The molecule has 0 aromatic carbocycles. The third-order valence-corrected chi connectivity index (χ3v) is 19.9. The van der Waals surface area contributed by atoms with Crippen molar-refractivity contribution in [1.29, 1.82) is 0 Å². The molecule has 0 aromatic rings. The van der Waals surface area contributed by atoms with E-state index in [4.69, 9.17) is 37.0 Å². The first-order valence-electron chi connectivity index (χ1n) is 38.0. The van der Waals surface area contributed by atoms with E-state index in [0.717, 1.165) is 114 Å². The molecule has 0 aliphatic heterocycles. The molecule has 0 heterocycles. The molecular weight excluding hydrogens is 1210 g/mol. The Kier molecular flexibility index (Phi) is 62.4. The standard InChI is InChI=1S/C73H142O17P2/c1-8-12-13-14-15-16-17-23-26-33-42-49-56-72(77)90-69(61-84-71(76)55-48-41-36-35-39-46-53-66(7)11-4)63-88-92(81,82)86-59-67(74)58-85-91(79,80)87-62-68(60-83-70(75)54-47-40-32-29-28-31-38-45-52-65(6)10-3)89-73(78)57-50-43-34-27-24-21-19-18-20-22-25-30-37-44-51-64(5)9-2/h64-69,74H,8-63H2,1-7H3,(H,79,80)(H,81,82)/t64?,65?,66?,67-,68-,69-/m1/s1. The molecule has 0 aromatic heterocycles. The quantitative estimate of drug-likeness (QED) is 0.0222. The molecule has 17 nitrogen and oxygen atoms in total. The number of phosphoric ester groups is 2. The smallest absolute Gasteiger partial charge is 0.462 e. The fourth-order valence-electron chi connectivity index (χ4n) is 11.0. The fourth-order valence-corrected chi connectivity index (χ4v) is 12.6. The van der Waals surface area contributed by atoms with Gasteiger partial charge in [0.1, 0.15) is 19.3 Å². The minimum absolute atomic E-state index is 0.106. The number of esters is 4. The van der Waals surface area contributed by atoms with E-state index in [2.05, 4.69) is 48.5 Å². The van der Waals surface area contributed by atoms with E-state index in [0.29, 0.717) is 25.7 Å². The van der Waals surface area contributed by atoms with Crippen LogP contribution in [0.3, 0.4) is 0 Å². The average Bonchev–Trinajstić information content (AvgIpc) is 2.33. The number of hydrogen-bond donors (Lipinski definition) is 3. The summed E-state index contributed by atoms with van der Waals surface area (Å²) in [7, 11) is -9.91. The molecule has 92 heavy (non-hydrogen) atoms. The zero-order chi connectivity index (χ0) is 68.0. The Balaban J connectivity index is 5.25. The summed E-state index contributed by atoms with van der Waals surface area (Å²) in [5, 5.41) is 10.6. The lowest BCUT2D eigenvalue weighted by Gasteiger charge is -2.21. The van der Waals surface area contributed by atoms with Crippen LogP contribution in [0.1, 0.15) is 370 Å². The van der Waals surface area contributed by atoms with Crippen molar-refractivity contribution in [2.24, 2.45) is 17.8 Å². The summed E-state index contributed by atoms with van der Waals surface area (Å²) in [5.41, 5.74) is 0. The Labute approximate surface area is 562 Å². The van der Waals surface area contributed by atoms with Crippen LogP contribution in [0.2, 0.25) is 0 Å². The molecule has 19 heteroatoms. The summed E-state index contributed by atoms with van der Waals surface area (Å²) in [5.74, 6) is 0.232. The zero-order valence-corrected chi connectivity index (χ0v) is 61.8. The van der Waals surface area contributed by atoms with Gasteiger partial charge in [-0.3, -0.25) is 37.3 Å². The molecule has 0 radical (unpaired) electrons. The van der Waals surface area contributed by atoms with E-state index in [9.17, 15) is 43.2 Å². The minimum atomic E-state index is -4.96. The van der Waals surface area contributed by atoms with Crippen LogP contribution in [0.5, 0.6) is 0 Å². The second-order valence-corrected chi connectivity index (χ2v) is 30.0. The lowest BCUT2D eigenvalue weighted by atomic mass is 9.99. The number of phosphoric acid groups is 2. The van der Waals surface area contributed by atoms with Gasteiger partial charge in [-0.15, -0.1) is 0 Å². The Bertz CT molecular complexity index is 1810. The van der Waals surface area contributed by atoms with Crippen molar-refractivity contribution in [2.45, 2.75) is 388 Å². The first kappa shape index (κ1) is 90.1. The number of hydrogen-bond acceptors (Lipinski definition) is 15. The maximum atomic E-state index is 13.1. The highest BCUT2D eigenvalue weighted by Crippen LogP contribution is 2.45. The van der Waals surface area contributed by atoms with Crippen molar-refractivity contribution < 1.29 is 80.2 Å².